The lowest BCUT2D eigenvalue weighted by Crippen LogP contribution is -1.97. The molecule has 1 aliphatic rings. The summed E-state index contributed by atoms with van der Waals surface area (Å²) in [6, 6.07) is 37.2. The van der Waals surface area contributed by atoms with Gasteiger partial charge in [-0.25, -0.2) is 9.98 Å². The second-order valence-corrected chi connectivity index (χ2v) is 9.23. The van der Waals surface area contributed by atoms with Crippen LogP contribution in [0.5, 0.6) is 11.5 Å². The molecule has 192 valence electrons. The van der Waals surface area contributed by atoms with Gasteiger partial charge in [-0.15, -0.1) is 6.42 Å². The van der Waals surface area contributed by atoms with Crippen LogP contribution in [0.25, 0.3) is 28.0 Å². The van der Waals surface area contributed by atoms with Crippen LogP contribution in [0.1, 0.15) is 11.1 Å². The first kappa shape index (κ1) is 24.7. The molecule has 0 unspecified atom stereocenters. The molecular formula is C35H25N3O2. The van der Waals surface area contributed by atoms with Crippen LogP contribution in [0.4, 0.5) is 5.82 Å². The molecule has 0 bridgehead atoms. The fourth-order valence-corrected chi connectivity index (χ4v) is 4.59. The normalized spacial score (nSPS) is 13.5. The van der Waals surface area contributed by atoms with Crippen molar-refractivity contribution in [3.8, 4) is 46.2 Å². The monoisotopic (exact) mass is 519 g/mol. The first-order valence-electron chi connectivity index (χ1n) is 12.9. The van der Waals surface area contributed by atoms with Crippen molar-refractivity contribution in [2.75, 3.05) is 6.61 Å². The van der Waals surface area contributed by atoms with Crippen molar-refractivity contribution in [2.45, 2.75) is 0 Å². The number of ether oxygens (including phenoxy) is 1. The van der Waals surface area contributed by atoms with E-state index in [0.29, 0.717) is 17.4 Å². The smallest absolute Gasteiger partial charge is 0.162 e. The lowest BCUT2D eigenvalue weighted by atomic mass is 10.0. The number of terminal acetylenes is 1. The van der Waals surface area contributed by atoms with Gasteiger partial charge in [-0.2, -0.15) is 0 Å². The fourth-order valence-electron chi connectivity index (χ4n) is 4.59. The average Bonchev–Trinajstić information content (AvgIpc) is 3.63. The highest BCUT2D eigenvalue weighted by Crippen LogP contribution is 2.37. The Balaban J connectivity index is 1.46. The van der Waals surface area contributed by atoms with E-state index in [2.05, 4.69) is 47.3 Å². The zero-order valence-corrected chi connectivity index (χ0v) is 21.6. The zero-order valence-electron chi connectivity index (χ0n) is 21.6. The second-order valence-electron chi connectivity index (χ2n) is 9.23. The van der Waals surface area contributed by atoms with Gasteiger partial charge in [-0.05, 0) is 77.4 Å². The minimum absolute atomic E-state index is 0.222. The van der Waals surface area contributed by atoms with E-state index in [0.717, 1.165) is 44.8 Å². The summed E-state index contributed by atoms with van der Waals surface area (Å²) in [4.78, 5) is 13.6. The van der Waals surface area contributed by atoms with Crippen molar-refractivity contribution in [1.29, 1.82) is 0 Å². The largest absolute Gasteiger partial charge is 0.508 e. The topological polar surface area (TPSA) is 70.0 Å². The Labute approximate surface area is 232 Å². The van der Waals surface area contributed by atoms with Gasteiger partial charge in [0.15, 0.2) is 5.84 Å². The van der Waals surface area contributed by atoms with E-state index in [1.165, 1.54) is 0 Å². The first-order valence-corrected chi connectivity index (χ1v) is 12.9. The van der Waals surface area contributed by atoms with E-state index < -0.39 is 0 Å². The number of nitrogens with one attached hydrogen (secondary N) is 1. The van der Waals surface area contributed by atoms with Crippen molar-refractivity contribution < 1.29 is 9.84 Å². The molecule has 0 saturated heterocycles. The number of benzene rings is 4. The van der Waals surface area contributed by atoms with Gasteiger partial charge in [-0.1, -0.05) is 66.6 Å². The van der Waals surface area contributed by atoms with Gasteiger partial charge in [0.2, 0.25) is 0 Å². The summed E-state index contributed by atoms with van der Waals surface area (Å²) in [5.74, 6) is 4.74. The molecule has 0 saturated carbocycles. The Kier molecular flexibility index (Phi) is 6.81. The highest BCUT2D eigenvalue weighted by molar-refractivity contribution is 6.38. The maximum absolute atomic E-state index is 9.77. The van der Waals surface area contributed by atoms with Gasteiger partial charge in [-0.3, -0.25) is 0 Å². The Morgan fingerprint density at radius 1 is 0.775 bits per heavy atom. The summed E-state index contributed by atoms with van der Waals surface area (Å²) in [6.45, 7) is 0.223. The molecule has 0 aliphatic carbocycles. The molecule has 1 aromatic heterocycles. The third-order valence-electron chi connectivity index (χ3n) is 6.58. The number of phenols is 1. The van der Waals surface area contributed by atoms with Crippen LogP contribution in [0, 0.1) is 12.3 Å². The molecule has 4 aromatic carbocycles. The molecule has 2 heterocycles. The lowest BCUT2D eigenvalue weighted by Gasteiger charge is -2.04. The van der Waals surface area contributed by atoms with Crippen LogP contribution < -0.4 is 4.74 Å². The number of nitrogens with zero attached hydrogens (tertiary/aromatic N) is 2. The molecule has 0 amide bonds. The summed E-state index contributed by atoms with van der Waals surface area (Å²) in [7, 11) is 0. The van der Waals surface area contributed by atoms with Gasteiger partial charge in [0, 0.05) is 22.4 Å². The van der Waals surface area contributed by atoms with Gasteiger partial charge in [0.05, 0.1) is 5.71 Å². The number of aromatic nitrogens is 1. The van der Waals surface area contributed by atoms with Crippen LogP contribution >= 0.6 is 0 Å². The molecular weight excluding hydrogens is 494 g/mol. The number of rotatable bonds is 7. The predicted octanol–water partition coefficient (Wildman–Crippen LogP) is 7.68. The summed E-state index contributed by atoms with van der Waals surface area (Å²) >= 11 is 0. The van der Waals surface area contributed by atoms with Gasteiger partial charge in [0.1, 0.15) is 23.9 Å². The molecule has 0 spiro atoms. The predicted molar refractivity (Wildman–Crippen MR) is 162 cm³/mol. The molecule has 5 aromatic rings. The van der Waals surface area contributed by atoms with Crippen molar-refractivity contribution >= 4 is 22.9 Å². The van der Waals surface area contributed by atoms with E-state index >= 15 is 0 Å². The molecule has 0 radical (unpaired) electrons. The highest BCUT2D eigenvalue weighted by atomic mass is 16.5. The van der Waals surface area contributed by atoms with Crippen LogP contribution in [-0.2, 0) is 0 Å². The van der Waals surface area contributed by atoms with Crippen molar-refractivity contribution in [1.82, 2.24) is 4.98 Å². The Morgan fingerprint density at radius 2 is 1.43 bits per heavy atom. The summed E-state index contributed by atoms with van der Waals surface area (Å²) < 4.78 is 5.53. The van der Waals surface area contributed by atoms with Crippen molar-refractivity contribution in [3.63, 3.8) is 0 Å². The molecule has 0 fully saturated rings. The van der Waals surface area contributed by atoms with Crippen molar-refractivity contribution in [2.24, 2.45) is 9.98 Å². The summed E-state index contributed by atoms with van der Waals surface area (Å²) in [6.07, 6.45) is 7.38. The van der Waals surface area contributed by atoms with Crippen LogP contribution in [0.2, 0.25) is 0 Å². The van der Waals surface area contributed by atoms with E-state index in [9.17, 15) is 5.11 Å². The highest BCUT2D eigenvalue weighted by Gasteiger charge is 2.21. The molecule has 0 atom stereocenters. The van der Waals surface area contributed by atoms with Gasteiger partial charge in [0.25, 0.3) is 0 Å². The van der Waals surface area contributed by atoms with E-state index in [1.807, 2.05) is 72.8 Å². The third kappa shape index (κ3) is 5.20. The van der Waals surface area contributed by atoms with Crippen molar-refractivity contribution in [3.05, 3.63) is 132 Å². The number of aromatic amines is 1. The second kappa shape index (κ2) is 11.0. The number of amidine groups is 1. The maximum Gasteiger partial charge on any atom is 0.162 e. The maximum atomic E-state index is 9.77. The summed E-state index contributed by atoms with van der Waals surface area (Å²) in [5, 5.41) is 9.77. The third-order valence-corrected chi connectivity index (χ3v) is 6.58. The SMILES string of the molecule is C#CCOc1ccc(C2=NC(=Nc3[nH]c(-c4ccc(O)cc4)cc3-c3ccccc3)C(c3ccccc3)=C2)cc1. The van der Waals surface area contributed by atoms with Crippen LogP contribution in [0.15, 0.2) is 131 Å². The Morgan fingerprint density at radius 3 is 2.10 bits per heavy atom. The van der Waals surface area contributed by atoms with Gasteiger partial charge >= 0.3 is 0 Å². The fraction of sp³-hybridized carbons (Fsp3) is 0.0286. The zero-order chi connectivity index (χ0) is 27.3. The lowest BCUT2D eigenvalue weighted by molar-refractivity contribution is 0.370. The number of aromatic hydroxyl groups is 1. The molecule has 2 N–H and O–H groups in total. The quantitative estimate of drug-likeness (QED) is 0.217. The standard InChI is InChI=1S/C35H25N3O2/c1-2-21-40-29-19-15-27(16-20-29)33-23-31(25-11-7-4-8-12-25)35(37-33)38-34-30(24-9-5-3-6-10-24)22-32(36-34)26-13-17-28(39)18-14-26/h1,3-20,22-23,36,39H,21H2. The number of H-pyrrole nitrogens is 1. The molecule has 40 heavy (non-hydrogen) atoms. The molecule has 5 nitrogen and oxygen atoms in total. The number of hydrogen-bond donors (Lipinski definition) is 2. The van der Waals surface area contributed by atoms with Crippen LogP contribution in [-0.4, -0.2) is 28.2 Å². The number of hydrogen-bond acceptors (Lipinski definition) is 3. The van der Waals surface area contributed by atoms with E-state index in [-0.39, 0.29) is 12.4 Å². The minimum atomic E-state index is 0.222. The minimum Gasteiger partial charge on any atom is -0.508 e. The number of phenolic OH excluding ortho intramolecular Hbond substituents is 1. The number of allylic oxidation sites excluding steroid dienone is 1. The molecule has 5 heteroatoms. The Bertz CT molecular complexity index is 1770. The van der Waals surface area contributed by atoms with E-state index in [1.54, 1.807) is 12.1 Å². The Hall–Kier alpha value is -5.60. The van der Waals surface area contributed by atoms with E-state index in [4.69, 9.17) is 21.1 Å². The number of aliphatic imine (C=N–C) groups is 2. The molecule has 6 rings (SSSR count). The summed E-state index contributed by atoms with van der Waals surface area (Å²) in [5.41, 5.74) is 7.57. The van der Waals surface area contributed by atoms with Gasteiger partial charge < -0.3 is 14.8 Å². The van der Waals surface area contributed by atoms with Crippen LogP contribution in [0.3, 0.4) is 0 Å². The first-order chi connectivity index (χ1) is 19.7. The average molecular weight is 520 g/mol. The molecule has 1 aliphatic heterocycles.